The molecule has 0 spiro atoms. The smallest absolute Gasteiger partial charge is 0.277 e. The second kappa shape index (κ2) is 7.32. The Morgan fingerprint density at radius 3 is 2.70 bits per heavy atom. The predicted molar refractivity (Wildman–Crippen MR) is 104 cm³/mol. The van der Waals surface area contributed by atoms with Crippen LogP contribution < -0.4 is 11.1 Å². The first kappa shape index (κ1) is 17.4. The predicted octanol–water partition coefficient (Wildman–Crippen LogP) is 3.08. The monoisotopic (exact) mass is 381 g/mol. The summed E-state index contributed by atoms with van der Waals surface area (Å²) in [6.07, 6.45) is 5.41. The maximum absolute atomic E-state index is 12.9. The Bertz CT molecular complexity index is 993. The van der Waals surface area contributed by atoms with Crippen LogP contribution in [-0.4, -0.2) is 26.3 Å². The number of nitrogens with two attached hydrogens (primary N) is 1. The van der Waals surface area contributed by atoms with Crippen molar-refractivity contribution in [2.75, 3.05) is 5.32 Å². The van der Waals surface area contributed by atoms with Crippen molar-refractivity contribution >= 4 is 28.3 Å². The minimum atomic E-state index is -0.560. The molecule has 0 aliphatic carbocycles. The molecule has 4 rings (SSSR count). The molecule has 0 radical (unpaired) electrons. The standard InChI is InChI=1S/C19H19N5O2S/c20-16(25)14-11-21-19(27-14)23-18(26)15-13-9-5-2-6-10-24(13)17(22-15)12-7-3-1-4-8-12/h1,3-4,7-8,11H,2,5-6,9-10H2,(H2,20,25)(H,21,23,26). The number of thiazole rings is 1. The van der Waals surface area contributed by atoms with Gasteiger partial charge in [-0.25, -0.2) is 9.97 Å². The molecule has 27 heavy (non-hydrogen) atoms. The van der Waals surface area contributed by atoms with Crippen molar-refractivity contribution in [1.82, 2.24) is 14.5 Å². The molecule has 0 unspecified atom stereocenters. The van der Waals surface area contributed by atoms with E-state index in [-0.39, 0.29) is 5.91 Å². The first-order valence-electron chi connectivity index (χ1n) is 8.85. The SMILES string of the molecule is NC(=O)c1cnc(NC(=O)c2nc(-c3ccccc3)n3c2CCCCC3)s1. The highest BCUT2D eigenvalue weighted by Gasteiger charge is 2.25. The van der Waals surface area contributed by atoms with Gasteiger partial charge in [0.1, 0.15) is 16.4 Å². The van der Waals surface area contributed by atoms with E-state index in [1.165, 1.54) is 6.20 Å². The fourth-order valence-corrected chi connectivity index (χ4v) is 3.97. The number of nitrogens with zero attached hydrogens (tertiary/aromatic N) is 3. The minimum Gasteiger partial charge on any atom is -0.365 e. The molecule has 0 saturated carbocycles. The van der Waals surface area contributed by atoms with Crippen molar-refractivity contribution in [3.05, 3.63) is 52.8 Å². The molecule has 1 aliphatic rings. The molecule has 8 heteroatoms. The third kappa shape index (κ3) is 3.48. The summed E-state index contributed by atoms with van der Waals surface area (Å²) in [5, 5.41) is 3.09. The molecule has 2 aromatic heterocycles. The summed E-state index contributed by atoms with van der Waals surface area (Å²) >= 11 is 1.06. The Labute approximate surface area is 160 Å². The van der Waals surface area contributed by atoms with E-state index in [9.17, 15) is 9.59 Å². The van der Waals surface area contributed by atoms with Crippen LogP contribution in [0.2, 0.25) is 0 Å². The quantitative estimate of drug-likeness (QED) is 0.725. The van der Waals surface area contributed by atoms with Crippen molar-refractivity contribution in [1.29, 1.82) is 0 Å². The summed E-state index contributed by atoms with van der Waals surface area (Å²) in [5.41, 5.74) is 7.62. The van der Waals surface area contributed by atoms with Crippen molar-refractivity contribution in [3.8, 4) is 11.4 Å². The van der Waals surface area contributed by atoms with E-state index >= 15 is 0 Å². The van der Waals surface area contributed by atoms with E-state index in [1.54, 1.807) is 0 Å². The number of carbonyl (C=O) groups excluding carboxylic acids is 2. The first-order valence-corrected chi connectivity index (χ1v) is 9.67. The third-order valence-corrected chi connectivity index (χ3v) is 5.51. The number of amides is 2. The summed E-state index contributed by atoms with van der Waals surface area (Å²) < 4.78 is 2.16. The van der Waals surface area contributed by atoms with Crippen LogP contribution in [0, 0.1) is 0 Å². The number of carbonyl (C=O) groups is 2. The van der Waals surface area contributed by atoms with E-state index in [1.807, 2.05) is 30.3 Å². The number of imidazole rings is 1. The highest BCUT2D eigenvalue weighted by molar-refractivity contribution is 7.17. The van der Waals surface area contributed by atoms with E-state index in [0.717, 1.165) is 60.6 Å². The van der Waals surface area contributed by atoms with Gasteiger partial charge in [-0.3, -0.25) is 14.9 Å². The maximum Gasteiger partial charge on any atom is 0.277 e. The maximum atomic E-state index is 12.9. The van der Waals surface area contributed by atoms with Gasteiger partial charge in [0.05, 0.1) is 11.9 Å². The Balaban J connectivity index is 1.70. The number of fused-ring (bicyclic) bond motifs is 1. The minimum absolute atomic E-state index is 0.305. The lowest BCUT2D eigenvalue weighted by Crippen LogP contribution is -2.15. The summed E-state index contributed by atoms with van der Waals surface area (Å²) in [4.78, 5) is 33.1. The average molecular weight is 381 g/mol. The molecule has 3 heterocycles. The molecule has 0 fully saturated rings. The zero-order chi connectivity index (χ0) is 18.8. The fraction of sp³-hybridized carbons (Fsp3) is 0.263. The topological polar surface area (TPSA) is 103 Å². The Morgan fingerprint density at radius 2 is 1.96 bits per heavy atom. The summed E-state index contributed by atoms with van der Waals surface area (Å²) in [5.74, 6) is -0.0574. The Hall–Kier alpha value is -3.00. The van der Waals surface area contributed by atoms with Gasteiger partial charge < -0.3 is 10.3 Å². The first-order chi connectivity index (χ1) is 13.1. The normalized spacial score (nSPS) is 13.6. The van der Waals surface area contributed by atoms with Gasteiger partial charge in [0.2, 0.25) is 0 Å². The largest absolute Gasteiger partial charge is 0.365 e. The Kier molecular flexibility index (Phi) is 4.72. The molecule has 0 bridgehead atoms. The molecule has 138 valence electrons. The summed E-state index contributed by atoms with van der Waals surface area (Å²) in [6, 6.07) is 9.90. The highest BCUT2D eigenvalue weighted by Crippen LogP contribution is 2.28. The number of benzene rings is 1. The van der Waals surface area contributed by atoms with E-state index in [2.05, 4.69) is 19.9 Å². The highest BCUT2D eigenvalue weighted by atomic mass is 32.1. The number of nitrogens with one attached hydrogen (secondary N) is 1. The molecule has 0 saturated heterocycles. The van der Waals surface area contributed by atoms with Gasteiger partial charge in [-0.15, -0.1) is 0 Å². The molecule has 1 aromatic carbocycles. The van der Waals surface area contributed by atoms with Crippen LogP contribution in [0.5, 0.6) is 0 Å². The molecule has 0 atom stereocenters. The number of aromatic nitrogens is 3. The van der Waals surface area contributed by atoms with Crippen molar-refractivity contribution in [2.45, 2.75) is 32.2 Å². The van der Waals surface area contributed by atoms with Gasteiger partial charge in [0, 0.05) is 12.1 Å². The summed E-state index contributed by atoms with van der Waals surface area (Å²) in [7, 11) is 0. The molecule has 7 nitrogen and oxygen atoms in total. The Morgan fingerprint density at radius 1 is 1.15 bits per heavy atom. The van der Waals surface area contributed by atoms with Gasteiger partial charge in [-0.2, -0.15) is 0 Å². The lowest BCUT2D eigenvalue weighted by molar-refractivity contribution is 0.1000. The lowest BCUT2D eigenvalue weighted by atomic mass is 10.1. The fourth-order valence-electron chi connectivity index (χ4n) is 3.31. The van der Waals surface area contributed by atoms with Gasteiger partial charge >= 0.3 is 0 Å². The summed E-state index contributed by atoms with van der Waals surface area (Å²) in [6.45, 7) is 0.850. The van der Waals surface area contributed by atoms with Gasteiger partial charge in [0.25, 0.3) is 11.8 Å². The van der Waals surface area contributed by atoms with E-state index in [4.69, 9.17) is 5.73 Å². The van der Waals surface area contributed by atoms with Crippen molar-refractivity contribution in [3.63, 3.8) is 0 Å². The molecule has 3 aromatic rings. The zero-order valence-electron chi connectivity index (χ0n) is 14.6. The molecular formula is C19H19N5O2S. The number of hydrogen-bond acceptors (Lipinski definition) is 5. The van der Waals surface area contributed by atoms with Crippen LogP contribution in [0.25, 0.3) is 11.4 Å². The van der Waals surface area contributed by atoms with Crippen LogP contribution >= 0.6 is 11.3 Å². The number of anilines is 1. The molecular weight excluding hydrogens is 362 g/mol. The second-order valence-corrected chi connectivity index (χ2v) is 7.44. The van der Waals surface area contributed by atoms with Gasteiger partial charge in [-0.05, 0) is 19.3 Å². The zero-order valence-corrected chi connectivity index (χ0v) is 15.5. The van der Waals surface area contributed by atoms with Gasteiger partial charge in [0.15, 0.2) is 5.13 Å². The van der Waals surface area contributed by atoms with Crippen molar-refractivity contribution < 1.29 is 9.59 Å². The van der Waals surface area contributed by atoms with Crippen LogP contribution in [0.15, 0.2) is 36.5 Å². The second-order valence-electron chi connectivity index (χ2n) is 6.41. The molecule has 2 amide bonds. The number of primary amides is 1. The van der Waals surface area contributed by atoms with Crippen LogP contribution in [-0.2, 0) is 13.0 Å². The number of hydrogen-bond donors (Lipinski definition) is 2. The molecule has 1 aliphatic heterocycles. The average Bonchev–Trinajstić information content (AvgIpc) is 3.20. The van der Waals surface area contributed by atoms with Crippen molar-refractivity contribution in [2.24, 2.45) is 5.73 Å². The van der Waals surface area contributed by atoms with Crippen LogP contribution in [0.4, 0.5) is 5.13 Å². The molecule has 3 N–H and O–H groups in total. The van der Waals surface area contributed by atoms with E-state index < -0.39 is 5.91 Å². The third-order valence-electron chi connectivity index (χ3n) is 4.58. The number of rotatable bonds is 4. The van der Waals surface area contributed by atoms with Crippen LogP contribution in [0.1, 0.15) is 45.1 Å². The van der Waals surface area contributed by atoms with Crippen LogP contribution in [0.3, 0.4) is 0 Å². The van der Waals surface area contributed by atoms with Gasteiger partial charge in [-0.1, -0.05) is 48.1 Å². The lowest BCUT2D eigenvalue weighted by Gasteiger charge is -2.08. The van der Waals surface area contributed by atoms with E-state index in [0.29, 0.717) is 15.7 Å².